The van der Waals surface area contributed by atoms with Gasteiger partial charge in [0.1, 0.15) is 11.8 Å². The number of amides is 1. The summed E-state index contributed by atoms with van der Waals surface area (Å²) in [5, 5.41) is 10.2. The molecule has 1 atom stereocenters. The largest absolute Gasteiger partial charge is 0.481 e. The minimum absolute atomic E-state index is 0. The monoisotopic (exact) mass is 556 g/mol. The summed E-state index contributed by atoms with van der Waals surface area (Å²) in [5.41, 5.74) is 0.437. The van der Waals surface area contributed by atoms with E-state index in [1.54, 1.807) is 74.0 Å². The van der Waals surface area contributed by atoms with Crippen molar-refractivity contribution < 1.29 is 38.1 Å². The van der Waals surface area contributed by atoms with E-state index in [1.807, 2.05) is 12.1 Å². The van der Waals surface area contributed by atoms with Crippen molar-refractivity contribution >= 4 is 23.0 Å². The number of carbonyl (C=O) groups excluding carboxylic acids is 1. The molecule has 0 spiro atoms. The number of carboxylic acids is 1. The molecule has 3 aromatic carbocycles. The number of nitrogens with zero attached hydrogens (tertiary/aromatic N) is 2. The molecule has 1 amide bonds. The van der Waals surface area contributed by atoms with E-state index < -0.39 is 35.6 Å². The third kappa shape index (κ3) is 7.01. The van der Waals surface area contributed by atoms with E-state index in [0.717, 1.165) is 12.1 Å². The first-order chi connectivity index (χ1) is 18.3. The number of halogens is 3. The fourth-order valence-electron chi connectivity index (χ4n) is 4.51. The van der Waals surface area contributed by atoms with Crippen LogP contribution in [0.5, 0.6) is 0 Å². The van der Waals surface area contributed by atoms with Crippen molar-refractivity contribution in [2.45, 2.75) is 51.7 Å². The lowest BCUT2D eigenvalue weighted by atomic mass is 10.1. The number of ether oxygens (including phenoxy) is 1. The number of fused-ring (bicyclic) bond motifs is 1. The van der Waals surface area contributed by atoms with Gasteiger partial charge >= 0.3 is 18.2 Å². The average Bonchev–Trinajstić information content (AvgIpc) is 3.20. The molecule has 0 aliphatic heterocycles. The highest BCUT2D eigenvalue weighted by Gasteiger charge is 2.34. The molecular weight excluding hydrogens is 525 g/mol. The molecule has 212 valence electrons. The van der Waals surface area contributed by atoms with Gasteiger partial charge in [0, 0.05) is 11.6 Å². The molecule has 4 rings (SSSR count). The van der Waals surface area contributed by atoms with E-state index in [0.29, 0.717) is 22.0 Å². The van der Waals surface area contributed by atoms with Gasteiger partial charge in [-0.3, -0.25) is 9.69 Å². The first kappa shape index (κ1) is 30.2. The second-order valence-electron chi connectivity index (χ2n) is 10.2. The number of alkyl halides is 3. The number of carbonyl (C=O) groups is 2. The lowest BCUT2D eigenvalue weighted by molar-refractivity contribution is -0.138. The Morgan fingerprint density at radius 2 is 1.60 bits per heavy atom. The molecule has 1 heterocycles. The Balaban J connectivity index is 0.00000441. The van der Waals surface area contributed by atoms with Crippen molar-refractivity contribution in [1.29, 1.82) is 0 Å². The van der Waals surface area contributed by atoms with Crippen LogP contribution in [0.25, 0.3) is 10.9 Å². The van der Waals surface area contributed by atoms with Gasteiger partial charge in [0.2, 0.25) is 0 Å². The molecule has 0 bridgehead atoms. The lowest BCUT2D eigenvalue weighted by Crippen LogP contribution is -2.41. The van der Waals surface area contributed by atoms with Crippen molar-refractivity contribution in [3.8, 4) is 0 Å². The van der Waals surface area contributed by atoms with Gasteiger partial charge < -0.3 is 19.9 Å². The summed E-state index contributed by atoms with van der Waals surface area (Å²) >= 11 is 0. The maximum Gasteiger partial charge on any atom is 0.416 e. The molecule has 1 aromatic heterocycles. The number of hydrogen-bond acceptors (Lipinski definition) is 3. The van der Waals surface area contributed by atoms with Crippen LogP contribution in [-0.2, 0) is 28.7 Å². The fourth-order valence-corrected chi connectivity index (χ4v) is 4.51. The van der Waals surface area contributed by atoms with Gasteiger partial charge in [-0.25, -0.2) is 4.79 Å². The zero-order chi connectivity index (χ0) is 28.4. The van der Waals surface area contributed by atoms with Crippen LogP contribution in [0, 0.1) is 0 Å². The molecule has 40 heavy (non-hydrogen) atoms. The van der Waals surface area contributed by atoms with Gasteiger partial charge in [-0.05, 0) is 55.7 Å². The van der Waals surface area contributed by atoms with Crippen molar-refractivity contribution in [3.05, 3.63) is 107 Å². The Labute approximate surface area is 229 Å². The number of hydrogen-bond donors (Lipinski definition) is 1. The van der Waals surface area contributed by atoms with Gasteiger partial charge in [-0.15, -0.1) is 0 Å². The molecule has 3 N–H and O–H groups in total. The zero-order valence-corrected chi connectivity index (χ0v) is 22.3. The van der Waals surface area contributed by atoms with Crippen molar-refractivity contribution in [2.75, 3.05) is 0 Å². The van der Waals surface area contributed by atoms with E-state index in [2.05, 4.69) is 0 Å². The maximum atomic E-state index is 13.7. The Bertz CT molecular complexity index is 1480. The summed E-state index contributed by atoms with van der Waals surface area (Å²) in [6.45, 7) is 4.93. The summed E-state index contributed by atoms with van der Waals surface area (Å²) in [6.07, 6.45) is -4.70. The van der Waals surface area contributed by atoms with Crippen LogP contribution in [0.1, 0.15) is 49.2 Å². The van der Waals surface area contributed by atoms with Crippen molar-refractivity contribution in [1.82, 2.24) is 9.47 Å². The number of aromatic nitrogens is 1. The summed E-state index contributed by atoms with van der Waals surface area (Å²) in [7, 11) is 0. The van der Waals surface area contributed by atoms with E-state index in [-0.39, 0.29) is 24.0 Å². The van der Waals surface area contributed by atoms with Crippen LogP contribution < -0.4 is 0 Å². The number of rotatable bonds is 7. The molecule has 7 nitrogen and oxygen atoms in total. The molecule has 4 aromatic rings. The smallest absolute Gasteiger partial charge is 0.416 e. The van der Waals surface area contributed by atoms with Gasteiger partial charge in [0.25, 0.3) is 0 Å². The van der Waals surface area contributed by atoms with Gasteiger partial charge in [-0.2, -0.15) is 13.2 Å². The van der Waals surface area contributed by atoms with Gasteiger partial charge in [-0.1, -0.05) is 60.7 Å². The molecule has 10 heteroatoms. The van der Waals surface area contributed by atoms with E-state index >= 15 is 0 Å². The number of para-hydroxylation sites is 1. The predicted octanol–water partition coefficient (Wildman–Crippen LogP) is 6.45. The molecule has 0 saturated carbocycles. The summed E-state index contributed by atoms with van der Waals surface area (Å²) in [4.78, 5) is 26.7. The fraction of sp³-hybridized carbons (Fsp3) is 0.267. The Morgan fingerprint density at radius 3 is 2.23 bits per heavy atom. The molecule has 0 aliphatic rings. The highest BCUT2D eigenvalue weighted by molar-refractivity contribution is 5.88. The minimum Gasteiger partial charge on any atom is -0.481 e. The van der Waals surface area contributed by atoms with Crippen LogP contribution >= 0.6 is 0 Å². The minimum atomic E-state index is -4.55. The lowest BCUT2D eigenvalue weighted by Gasteiger charge is -2.35. The first-order valence-corrected chi connectivity index (χ1v) is 12.3. The predicted molar refractivity (Wildman–Crippen MR) is 145 cm³/mol. The van der Waals surface area contributed by atoms with E-state index in [9.17, 15) is 27.9 Å². The zero-order valence-electron chi connectivity index (χ0n) is 22.3. The van der Waals surface area contributed by atoms with Crippen LogP contribution in [0.2, 0.25) is 0 Å². The molecule has 0 radical (unpaired) electrons. The summed E-state index contributed by atoms with van der Waals surface area (Å²) < 4.78 is 48.0. The number of benzene rings is 3. The topological polar surface area (TPSA) is 103 Å². The first-order valence-electron chi connectivity index (χ1n) is 12.3. The van der Waals surface area contributed by atoms with Gasteiger partial charge in [0.15, 0.2) is 0 Å². The number of carboxylic acid groups (broad SMARTS) is 1. The average molecular weight is 557 g/mol. The van der Waals surface area contributed by atoms with Gasteiger partial charge in [0.05, 0.1) is 24.0 Å². The standard InChI is InChI=1S/C30H29F3N2O4.H2O/c1-29(2,3)39-28(38)35(18-20-10-9-13-23(16-20)30(31,32)33)27(21-11-5-4-6-12-21)34-19-22(17-26(36)37)24-14-7-8-15-25(24)34;/h4-16,19,27H,17-18H2,1-3H3,(H,36,37);1H2. The Morgan fingerprint density at radius 1 is 0.950 bits per heavy atom. The quantitative estimate of drug-likeness (QED) is 0.283. The third-order valence-corrected chi connectivity index (χ3v) is 6.06. The SMILES string of the molecule is CC(C)(C)OC(=O)N(Cc1cccc(C(F)(F)F)c1)C(c1ccccc1)n1cc(CC(=O)O)c2ccccc21.O. The second-order valence-corrected chi connectivity index (χ2v) is 10.2. The summed E-state index contributed by atoms with van der Waals surface area (Å²) in [6, 6.07) is 21.1. The van der Waals surface area contributed by atoms with E-state index in [1.165, 1.54) is 17.0 Å². The summed E-state index contributed by atoms with van der Waals surface area (Å²) in [5.74, 6) is -1.01. The molecule has 0 saturated heterocycles. The third-order valence-electron chi connectivity index (χ3n) is 6.06. The van der Waals surface area contributed by atoms with Crippen LogP contribution in [0.15, 0.2) is 85.1 Å². The maximum absolute atomic E-state index is 13.7. The number of aliphatic carboxylic acids is 1. The Kier molecular flexibility index (Phi) is 8.94. The van der Waals surface area contributed by atoms with Crippen LogP contribution in [0.3, 0.4) is 0 Å². The Hall–Kier alpha value is -4.31. The highest BCUT2D eigenvalue weighted by atomic mass is 19.4. The van der Waals surface area contributed by atoms with Crippen LogP contribution in [0.4, 0.5) is 18.0 Å². The highest BCUT2D eigenvalue weighted by Crippen LogP contribution is 2.34. The molecule has 0 fully saturated rings. The van der Waals surface area contributed by atoms with Crippen molar-refractivity contribution in [3.63, 3.8) is 0 Å². The second kappa shape index (κ2) is 11.8. The molecule has 0 aliphatic carbocycles. The molecular formula is C30H31F3N2O5. The van der Waals surface area contributed by atoms with E-state index in [4.69, 9.17) is 4.74 Å². The van der Waals surface area contributed by atoms with Crippen molar-refractivity contribution in [2.24, 2.45) is 0 Å². The molecule has 1 unspecified atom stereocenters. The normalized spacial score (nSPS) is 12.4. The van der Waals surface area contributed by atoms with Crippen LogP contribution in [-0.4, -0.2) is 37.7 Å².